The Labute approximate surface area is 178 Å². The summed E-state index contributed by atoms with van der Waals surface area (Å²) in [5.41, 5.74) is 0.356. The van der Waals surface area contributed by atoms with Crippen LogP contribution in [0.25, 0.3) is 0 Å². The van der Waals surface area contributed by atoms with Gasteiger partial charge in [0.15, 0.2) is 18.1 Å². The lowest BCUT2D eigenvalue weighted by Crippen LogP contribution is -2.46. The van der Waals surface area contributed by atoms with Crippen molar-refractivity contribution in [3.8, 4) is 11.5 Å². The fraction of sp³-hybridized carbons (Fsp3) is 0.591. The molecule has 1 heterocycles. The summed E-state index contributed by atoms with van der Waals surface area (Å²) in [5, 5.41) is 0. The molecular weight excluding hydrogens is 388 g/mol. The van der Waals surface area contributed by atoms with Gasteiger partial charge in [0.2, 0.25) is 12.7 Å². The van der Waals surface area contributed by atoms with Gasteiger partial charge in [-0.15, -0.1) is 0 Å². The molecule has 8 heteroatoms. The van der Waals surface area contributed by atoms with E-state index in [1.54, 1.807) is 25.7 Å². The lowest BCUT2D eigenvalue weighted by molar-refractivity contribution is -0.159. The Morgan fingerprint density at radius 1 is 1.13 bits per heavy atom. The molecule has 0 aliphatic carbocycles. The van der Waals surface area contributed by atoms with Crippen LogP contribution in [0.2, 0.25) is 0 Å². The Bertz CT molecular complexity index is 786. The predicted octanol–water partition coefficient (Wildman–Crippen LogP) is 2.24. The van der Waals surface area contributed by atoms with Crippen molar-refractivity contribution in [1.82, 2.24) is 9.80 Å². The van der Waals surface area contributed by atoms with Crippen LogP contribution < -0.4 is 9.47 Å². The quantitative estimate of drug-likeness (QED) is 0.600. The van der Waals surface area contributed by atoms with Crippen LogP contribution >= 0.6 is 0 Å². The maximum Gasteiger partial charge on any atom is 0.311 e. The third-order valence-corrected chi connectivity index (χ3v) is 4.90. The lowest BCUT2D eigenvalue weighted by Gasteiger charge is -2.30. The van der Waals surface area contributed by atoms with Crippen molar-refractivity contribution in [2.24, 2.45) is 5.41 Å². The molecule has 0 radical (unpaired) electrons. The molecule has 0 fully saturated rings. The number of hydrogen-bond donors (Lipinski definition) is 0. The highest BCUT2D eigenvalue weighted by Crippen LogP contribution is 2.33. The van der Waals surface area contributed by atoms with Crippen molar-refractivity contribution in [1.29, 1.82) is 0 Å². The second kappa shape index (κ2) is 9.82. The summed E-state index contributed by atoms with van der Waals surface area (Å²) >= 11 is 0. The van der Waals surface area contributed by atoms with E-state index in [9.17, 15) is 14.4 Å². The Hall–Kier alpha value is -2.77. The van der Waals surface area contributed by atoms with E-state index in [2.05, 4.69) is 0 Å². The summed E-state index contributed by atoms with van der Waals surface area (Å²) < 4.78 is 15.8. The summed E-state index contributed by atoms with van der Waals surface area (Å²) in [6.45, 7) is 9.31. The van der Waals surface area contributed by atoms with Gasteiger partial charge in [-0.3, -0.25) is 14.4 Å². The first kappa shape index (κ1) is 23.5. The molecule has 1 unspecified atom stereocenters. The van der Waals surface area contributed by atoms with Crippen molar-refractivity contribution in [3.05, 3.63) is 23.8 Å². The van der Waals surface area contributed by atoms with Gasteiger partial charge in [0, 0.05) is 19.6 Å². The normalized spacial score (nSPS) is 13.5. The minimum atomic E-state index is -0.683. The fourth-order valence-electron chi connectivity index (χ4n) is 3.09. The smallest absolute Gasteiger partial charge is 0.311 e. The molecule has 8 nitrogen and oxygen atoms in total. The number of hydrogen-bond acceptors (Lipinski definition) is 6. The van der Waals surface area contributed by atoms with E-state index in [0.29, 0.717) is 18.7 Å². The average Bonchev–Trinajstić information content (AvgIpc) is 3.13. The van der Waals surface area contributed by atoms with E-state index in [4.69, 9.17) is 14.2 Å². The number of rotatable bonds is 8. The third-order valence-electron chi connectivity index (χ3n) is 4.90. The molecule has 1 aliphatic rings. The van der Waals surface area contributed by atoms with E-state index in [0.717, 1.165) is 11.3 Å². The molecule has 1 aromatic rings. The van der Waals surface area contributed by atoms with Gasteiger partial charge in [0.1, 0.15) is 0 Å². The molecule has 1 aliphatic heterocycles. The monoisotopic (exact) mass is 420 g/mol. The van der Waals surface area contributed by atoms with Crippen LogP contribution in [0.4, 0.5) is 0 Å². The molecule has 166 valence electrons. The van der Waals surface area contributed by atoms with Crippen molar-refractivity contribution in [2.75, 3.05) is 33.5 Å². The zero-order valence-electron chi connectivity index (χ0n) is 18.7. The highest BCUT2D eigenvalue weighted by molar-refractivity contribution is 5.86. The van der Waals surface area contributed by atoms with Gasteiger partial charge in [-0.1, -0.05) is 6.07 Å². The largest absolute Gasteiger partial charge is 0.455 e. The number of amides is 2. The minimum Gasteiger partial charge on any atom is -0.455 e. The number of likely N-dealkylation sites (N-methyl/N-ethyl adjacent to an activating group) is 2. The molecule has 0 aromatic heterocycles. The summed E-state index contributed by atoms with van der Waals surface area (Å²) in [7, 11) is 1.53. The first-order valence-corrected chi connectivity index (χ1v) is 10.1. The van der Waals surface area contributed by atoms with Gasteiger partial charge in [-0.25, -0.2) is 0 Å². The number of ether oxygens (including phenoxy) is 3. The molecule has 30 heavy (non-hydrogen) atoms. The predicted molar refractivity (Wildman–Crippen MR) is 111 cm³/mol. The van der Waals surface area contributed by atoms with Gasteiger partial charge >= 0.3 is 5.97 Å². The van der Waals surface area contributed by atoms with Crippen LogP contribution in [0.15, 0.2) is 18.2 Å². The Morgan fingerprint density at radius 2 is 1.80 bits per heavy atom. The standard InChI is InChI=1S/C22H32N2O6/c1-7-24(15(2)10-16-8-9-17-18(11-16)30-14-29-17)19(25)12-23(6)20(26)13-28-21(27)22(3,4)5/h8-9,11,15H,7,10,12-14H2,1-6H3. The molecule has 1 aromatic carbocycles. The Morgan fingerprint density at radius 3 is 2.43 bits per heavy atom. The summed E-state index contributed by atoms with van der Waals surface area (Å²) in [6.07, 6.45) is 0.650. The van der Waals surface area contributed by atoms with Crippen LogP contribution in [0.1, 0.15) is 40.2 Å². The van der Waals surface area contributed by atoms with Crippen molar-refractivity contribution in [2.45, 2.75) is 47.1 Å². The fourth-order valence-corrected chi connectivity index (χ4v) is 3.09. The van der Waals surface area contributed by atoms with Crippen LogP contribution in [0.3, 0.4) is 0 Å². The molecule has 0 N–H and O–H groups in total. The molecular formula is C22H32N2O6. The van der Waals surface area contributed by atoms with E-state index >= 15 is 0 Å². The molecule has 0 saturated carbocycles. The SMILES string of the molecule is CCN(C(=O)CN(C)C(=O)COC(=O)C(C)(C)C)C(C)Cc1ccc2c(c1)OCO2. The van der Waals surface area contributed by atoms with E-state index in [-0.39, 0.29) is 31.9 Å². The topological polar surface area (TPSA) is 85.4 Å². The summed E-state index contributed by atoms with van der Waals surface area (Å²) in [6, 6.07) is 5.69. The number of carbonyl (C=O) groups is 3. The lowest BCUT2D eigenvalue weighted by atomic mass is 9.97. The van der Waals surface area contributed by atoms with Gasteiger partial charge < -0.3 is 24.0 Å². The summed E-state index contributed by atoms with van der Waals surface area (Å²) in [4.78, 5) is 39.9. The molecule has 0 saturated heterocycles. The Balaban J connectivity index is 1.89. The van der Waals surface area contributed by atoms with Crippen LogP contribution in [-0.2, 0) is 25.5 Å². The molecule has 2 amide bonds. The van der Waals surface area contributed by atoms with Crippen molar-refractivity contribution in [3.63, 3.8) is 0 Å². The average molecular weight is 421 g/mol. The maximum absolute atomic E-state index is 12.8. The van der Waals surface area contributed by atoms with Crippen LogP contribution in [0.5, 0.6) is 11.5 Å². The number of fused-ring (bicyclic) bond motifs is 1. The van der Waals surface area contributed by atoms with Crippen LogP contribution in [0, 0.1) is 5.41 Å². The highest BCUT2D eigenvalue weighted by Gasteiger charge is 2.26. The van der Waals surface area contributed by atoms with Crippen molar-refractivity contribution >= 4 is 17.8 Å². The van der Waals surface area contributed by atoms with E-state index in [1.165, 1.54) is 11.9 Å². The minimum absolute atomic E-state index is 0.0647. The Kier molecular flexibility index (Phi) is 7.70. The first-order valence-electron chi connectivity index (χ1n) is 10.1. The summed E-state index contributed by atoms with van der Waals surface area (Å²) in [5.74, 6) is 0.401. The van der Waals surface area contributed by atoms with Gasteiger partial charge in [0.25, 0.3) is 5.91 Å². The third kappa shape index (κ3) is 6.11. The van der Waals surface area contributed by atoms with Gasteiger partial charge in [-0.05, 0) is 58.7 Å². The maximum atomic E-state index is 12.8. The first-order chi connectivity index (χ1) is 14.0. The van der Waals surface area contributed by atoms with Gasteiger partial charge in [-0.2, -0.15) is 0 Å². The number of carbonyl (C=O) groups excluding carboxylic acids is 3. The van der Waals surface area contributed by atoms with E-state index < -0.39 is 17.3 Å². The number of nitrogens with zero attached hydrogens (tertiary/aromatic N) is 2. The molecule has 2 rings (SSSR count). The number of esters is 1. The second-order valence-electron chi connectivity index (χ2n) is 8.50. The van der Waals surface area contributed by atoms with Crippen molar-refractivity contribution < 1.29 is 28.6 Å². The highest BCUT2D eigenvalue weighted by atomic mass is 16.7. The number of benzene rings is 1. The van der Waals surface area contributed by atoms with E-state index in [1.807, 2.05) is 32.0 Å². The van der Waals surface area contributed by atoms with Crippen LogP contribution in [-0.4, -0.2) is 67.2 Å². The zero-order valence-corrected chi connectivity index (χ0v) is 18.7. The second-order valence-corrected chi connectivity index (χ2v) is 8.50. The molecule has 0 bridgehead atoms. The molecule has 0 spiro atoms. The molecule has 1 atom stereocenters. The van der Waals surface area contributed by atoms with Gasteiger partial charge in [0.05, 0.1) is 12.0 Å². The zero-order chi connectivity index (χ0) is 22.5.